The molecule has 0 atom stereocenters. The van der Waals surface area contributed by atoms with Gasteiger partial charge in [0.25, 0.3) is 0 Å². The molecule has 1 aromatic carbocycles. The van der Waals surface area contributed by atoms with E-state index in [2.05, 4.69) is 12.6 Å². The molecular formula is C10H13ClO2S. The molecular weight excluding hydrogens is 220 g/mol. The monoisotopic (exact) mass is 232 g/mol. The van der Waals surface area contributed by atoms with Crippen molar-refractivity contribution in [3.05, 3.63) is 29.3 Å². The Hall–Kier alpha value is -0.380. The van der Waals surface area contributed by atoms with E-state index in [1.165, 1.54) is 0 Å². The first-order valence-electron chi connectivity index (χ1n) is 4.40. The number of rotatable bonds is 6. The molecule has 0 N–H and O–H groups in total. The zero-order chi connectivity index (χ0) is 10.2. The van der Waals surface area contributed by atoms with Crippen molar-refractivity contribution in [2.45, 2.75) is 0 Å². The van der Waals surface area contributed by atoms with Crippen LogP contribution >= 0.6 is 24.2 Å². The standard InChI is InChI=1S/C10H13ClO2S/c11-9-2-1-3-10(8-9)13-5-4-12-6-7-14/h1-3,8,14H,4-7H2. The summed E-state index contributed by atoms with van der Waals surface area (Å²) in [5, 5.41) is 0.679. The SMILES string of the molecule is SCCOCCOc1cccc(Cl)c1. The van der Waals surface area contributed by atoms with Gasteiger partial charge in [-0.1, -0.05) is 17.7 Å². The Balaban J connectivity index is 2.18. The molecule has 78 valence electrons. The molecule has 0 saturated heterocycles. The predicted octanol–water partition coefficient (Wildman–Crippen LogP) is 2.67. The van der Waals surface area contributed by atoms with E-state index in [0.29, 0.717) is 24.8 Å². The van der Waals surface area contributed by atoms with E-state index < -0.39 is 0 Å². The van der Waals surface area contributed by atoms with Crippen LogP contribution in [0, 0.1) is 0 Å². The smallest absolute Gasteiger partial charge is 0.120 e. The number of thiol groups is 1. The van der Waals surface area contributed by atoms with Gasteiger partial charge in [-0.3, -0.25) is 0 Å². The van der Waals surface area contributed by atoms with Gasteiger partial charge in [0.15, 0.2) is 0 Å². The average Bonchev–Trinajstić information content (AvgIpc) is 2.18. The van der Waals surface area contributed by atoms with Crippen LogP contribution in [0.3, 0.4) is 0 Å². The summed E-state index contributed by atoms with van der Waals surface area (Å²) in [5.41, 5.74) is 0. The van der Waals surface area contributed by atoms with Gasteiger partial charge in [0.05, 0.1) is 13.2 Å². The summed E-state index contributed by atoms with van der Waals surface area (Å²) in [5.74, 6) is 1.50. The Morgan fingerprint density at radius 3 is 2.79 bits per heavy atom. The van der Waals surface area contributed by atoms with Gasteiger partial charge in [0.2, 0.25) is 0 Å². The molecule has 0 aliphatic rings. The Bertz CT molecular complexity index is 268. The summed E-state index contributed by atoms with van der Waals surface area (Å²) in [6.07, 6.45) is 0. The highest BCUT2D eigenvalue weighted by Crippen LogP contribution is 2.16. The number of ether oxygens (including phenoxy) is 2. The minimum atomic E-state index is 0.536. The lowest BCUT2D eigenvalue weighted by atomic mass is 10.3. The molecule has 0 fully saturated rings. The molecule has 0 amide bonds. The minimum Gasteiger partial charge on any atom is -0.491 e. The highest BCUT2D eigenvalue weighted by Gasteiger charge is 1.94. The fourth-order valence-electron chi connectivity index (χ4n) is 0.942. The molecule has 0 aliphatic heterocycles. The summed E-state index contributed by atoms with van der Waals surface area (Å²) in [7, 11) is 0. The first kappa shape index (κ1) is 11.7. The van der Waals surface area contributed by atoms with Crippen molar-refractivity contribution in [1.82, 2.24) is 0 Å². The average molecular weight is 233 g/mol. The van der Waals surface area contributed by atoms with Crippen molar-refractivity contribution in [3.8, 4) is 5.75 Å². The zero-order valence-corrected chi connectivity index (χ0v) is 9.43. The Morgan fingerprint density at radius 2 is 2.07 bits per heavy atom. The van der Waals surface area contributed by atoms with E-state index in [4.69, 9.17) is 21.1 Å². The lowest BCUT2D eigenvalue weighted by Gasteiger charge is -2.06. The quantitative estimate of drug-likeness (QED) is 0.601. The summed E-state index contributed by atoms with van der Waals surface area (Å²) in [4.78, 5) is 0. The van der Waals surface area contributed by atoms with Crippen LogP contribution in [0.2, 0.25) is 5.02 Å². The Morgan fingerprint density at radius 1 is 1.21 bits per heavy atom. The topological polar surface area (TPSA) is 18.5 Å². The molecule has 0 spiro atoms. The Kier molecular flexibility index (Phi) is 5.83. The van der Waals surface area contributed by atoms with E-state index in [1.807, 2.05) is 18.2 Å². The summed E-state index contributed by atoms with van der Waals surface area (Å²) < 4.78 is 10.6. The summed E-state index contributed by atoms with van der Waals surface area (Å²) in [6, 6.07) is 7.31. The highest BCUT2D eigenvalue weighted by atomic mass is 35.5. The van der Waals surface area contributed by atoms with Gasteiger partial charge in [-0.15, -0.1) is 0 Å². The normalized spacial score (nSPS) is 10.1. The number of hydrogen-bond donors (Lipinski definition) is 1. The molecule has 0 heterocycles. The first-order chi connectivity index (χ1) is 6.83. The second-order valence-corrected chi connectivity index (χ2v) is 3.53. The van der Waals surface area contributed by atoms with Gasteiger partial charge >= 0.3 is 0 Å². The van der Waals surface area contributed by atoms with Crippen molar-refractivity contribution >= 4 is 24.2 Å². The molecule has 1 rings (SSSR count). The third-order valence-corrected chi connectivity index (χ3v) is 1.95. The van der Waals surface area contributed by atoms with Crippen LogP contribution in [0.1, 0.15) is 0 Å². The second kappa shape index (κ2) is 6.98. The van der Waals surface area contributed by atoms with Crippen LogP contribution in [0.15, 0.2) is 24.3 Å². The van der Waals surface area contributed by atoms with Crippen molar-refractivity contribution in [2.24, 2.45) is 0 Å². The van der Waals surface area contributed by atoms with Crippen LogP contribution in [-0.4, -0.2) is 25.6 Å². The van der Waals surface area contributed by atoms with E-state index in [1.54, 1.807) is 6.07 Å². The van der Waals surface area contributed by atoms with Crippen molar-refractivity contribution in [2.75, 3.05) is 25.6 Å². The number of halogens is 1. The fraction of sp³-hybridized carbons (Fsp3) is 0.400. The number of hydrogen-bond acceptors (Lipinski definition) is 3. The van der Waals surface area contributed by atoms with Crippen molar-refractivity contribution in [3.63, 3.8) is 0 Å². The molecule has 0 bridgehead atoms. The molecule has 0 radical (unpaired) electrons. The molecule has 1 aromatic rings. The van der Waals surface area contributed by atoms with Crippen LogP contribution in [0.25, 0.3) is 0 Å². The summed E-state index contributed by atoms with van der Waals surface area (Å²) >= 11 is 9.81. The van der Waals surface area contributed by atoms with Crippen LogP contribution in [-0.2, 0) is 4.74 Å². The second-order valence-electron chi connectivity index (χ2n) is 2.64. The maximum atomic E-state index is 5.79. The van der Waals surface area contributed by atoms with Gasteiger partial charge in [0.1, 0.15) is 12.4 Å². The predicted molar refractivity (Wildman–Crippen MR) is 61.6 cm³/mol. The molecule has 4 heteroatoms. The molecule has 2 nitrogen and oxygen atoms in total. The van der Waals surface area contributed by atoms with Gasteiger partial charge in [-0.05, 0) is 18.2 Å². The van der Waals surface area contributed by atoms with Gasteiger partial charge in [-0.2, -0.15) is 12.6 Å². The van der Waals surface area contributed by atoms with E-state index >= 15 is 0 Å². The summed E-state index contributed by atoms with van der Waals surface area (Å²) in [6.45, 7) is 1.77. The Labute approximate surface area is 94.6 Å². The van der Waals surface area contributed by atoms with E-state index in [-0.39, 0.29) is 0 Å². The molecule has 0 unspecified atom stereocenters. The lowest BCUT2D eigenvalue weighted by molar-refractivity contribution is 0.112. The van der Waals surface area contributed by atoms with E-state index in [9.17, 15) is 0 Å². The molecule has 0 saturated carbocycles. The van der Waals surface area contributed by atoms with Crippen LogP contribution in [0.5, 0.6) is 5.75 Å². The van der Waals surface area contributed by atoms with Gasteiger partial charge in [0, 0.05) is 10.8 Å². The van der Waals surface area contributed by atoms with E-state index in [0.717, 1.165) is 11.5 Å². The zero-order valence-electron chi connectivity index (χ0n) is 7.78. The maximum absolute atomic E-state index is 5.79. The highest BCUT2D eigenvalue weighted by molar-refractivity contribution is 7.80. The minimum absolute atomic E-state index is 0.536. The lowest BCUT2D eigenvalue weighted by Crippen LogP contribution is -2.07. The van der Waals surface area contributed by atoms with Crippen molar-refractivity contribution < 1.29 is 9.47 Å². The molecule has 0 aromatic heterocycles. The number of benzene rings is 1. The third-order valence-electron chi connectivity index (χ3n) is 1.53. The van der Waals surface area contributed by atoms with Crippen LogP contribution < -0.4 is 4.74 Å². The van der Waals surface area contributed by atoms with Gasteiger partial charge in [-0.25, -0.2) is 0 Å². The van der Waals surface area contributed by atoms with Crippen LogP contribution in [0.4, 0.5) is 0 Å². The fourth-order valence-corrected chi connectivity index (χ4v) is 1.25. The largest absolute Gasteiger partial charge is 0.491 e. The maximum Gasteiger partial charge on any atom is 0.120 e. The van der Waals surface area contributed by atoms with Gasteiger partial charge < -0.3 is 9.47 Å². The van der Waals surface area contributed by atoms with Crippen molar-refractivity contribution in [1.29, 1.82) is 0 Å². The first-order valence-corrected chi connectivity index (χ1v) is 5.41. The molecule has 0 aliphatic carbocycles. The third kappa shape index (κ3) is 4.74. The molecule has 14 heavy (non-hydrogen) atoms.